The number of nitrogens with zero attached hydrogens (tertiary/aromatic N) is 7. The van der Waals surface area contributed by atoms with Gasteiger partial charge in [0.25, 0.3) is 6.43 Å². The van der Waals surface area contributed by atoms with Crippen LogP contribution in [0.4, 0.5) is 26.2 Å². The minimum atomic E-state index is -2.56. The van der Waals surface area contributed by atoms with Gasteiger partial charge in [-0.05, 0) is 13.0 Å². The second kappa shape index (κ2) is 8.79. The molecule has 33 heavy (non-hydrogen) atoms. The second-order valence-electron chi connectivity index (χ2n) is 8.41. The van der Waals surface area contributed by atoms with Crippen LogP contribution in [0.5, 0.6) is 0 Å². The van der Waals surface area contributed by atoms with Gasteiger partial charge >= 0.3 is 0 Å². The van der Waals surface area contributed by atoms with E-state index in [1.165, 1.54) is 6.20 Å². The molecule has 5 rings (SSSR count). The first-order valence-electron chi connectivity index (χ1n) is 10.5. The summed E-state index contributed by atoms with van der Waals surface area (Å²) in [5.74, 6) is 0.899. The van der Waals surface area contributed by atoms with Gasteiger partial charge in [0.1, 0.15) is 12.4 Å². The lowest BCUT2D eigenvalue weighted by Gasteiger charge is -2.50. The average Bonchev–Trinajstić information content (AvgIpc) is 3.10. The molecule has 2 saturated heterocycles. The molecule has 1 N–H and O–H groups in total. The van der Waals surface area contributed by atoms with E-state index in [0.717, 1.165) is 44.1 Å². The maximum atomic E-state index is 12.6. The fourth-order valence-corrected chi connectivity index (χ4v) is 4.57. The Labute approximate surface area is 198 Å². The summed E-state index contributed by atoms with van der Waals surface area (Å²) in [5.41, 5.74) is 0.908. The van der Waals surface area contributed by atoms with E-state index in [1.54, 1.807) is 12.3 Å². The summed E-state index contributed by atoms with van der Waals surface area (Å²) in [4.78, 5) is 18.0. The first-order chi connectivity index (χ1) is 15.8. The monoisotopic (exact) mass is 498 g/mol. The van der Waals surface area contributed by atoms with Crippen LogP contribution in [-0.2, 0) is 11.3 Å². The second-order valence-corrected chi connectivity index (χ2v) is 9.18. The van der Waals surface area contributed by atoms with Gasteiger partial charge in [-0.3, -0.25) is 4.90 Å². The first kappa shape index (κ1) is 22.5. The topological polar surface area (TPSA) is 84.2 Å². The lowest BCUT2D eigenvalue weighted by atomic mass is 9.97. The number of piperazine rings is 1. The van der Waals surface area contributed by atoms with Crippen molar-refractivity contribution in [2.45, 2.75) is 25.4 Å². The van der Waals surface area contributed by atoms with Crippen LogP contribution in [0.25, 0.3) is 11.0 Å². The zero-order valence-electron chi connectivity index (χ0n) is 17.8. The number of hydrogen-bond acceptors (Lipinski definition) is 8. The minimum Gasteiger partial charge on any atom is -0.377 e. The van der Waals surface area contributed by atoms with Crippen molar-refractivity contribution in [1.29, 1.82) is 0 Å². The Morgan fingerprint density at radius 1 is 1.15 bits per heavy atom. The molecular formula is C20H22Cl2F2N8O. The largest absolute Gasteiger partial charge is 0.377 e. The standard InChI is InChI=1S/C20H22Cl2F2N8O/c1-20(10-33-11-20)31-4-2-30(3-5-31)18-13(21)6-12-7-25-19(29-17(12)28-18)27-14-8-26-32(16(14)22)9-15(23)24/h6-8,15H,2-5,9-11H2,1H3,(H,25,27,28,29). The van der Waals surface area contributed by atoms with Crippen LogP contribution in [-0.4, -0.2) is 81.0 Å². The molecule has 2 fully saturated rings. The summed E-state index contributed by atoms with van der Waals surface area (Å²) in [5, 5.41) is 8.06. The van der Waals surface area contributed by atoms with Crippen LogP contribution in [0.3, 0.4) is 0 Å². The van der Waals surface area contributed by atoms with Crippen LogP contribution in [0.15, 0.2) is 18.5 Å². The van der Waals surface area contributed by atoms with Crippen LogP contribution >= 0.6 is 23.2 Å². The number of ether oxygens (including phenoxy) is 1. The van der Waals surface area contributed by atoms with E-state index >= 15 is 0 Å². The number of rotatable bonds is 6. The smallest absolute Gasteiger partial charge is 0.257 e. The third kappa shape index (κ3) is 4.42. The van der Waals surface area contributed by atoms with E-state index in [9.17, 15) is 8.78 Å². The van der Waals surface area contributed by atoms with Gasteiger partial charge in [-0.25, -0.2) is 23.4 Å². The van der Waals surface area contributed by atoms with Crippen LogP contribution < -0.4 is 10.2 Å². The Morgan fingerprint density at radius 2 is 1.91 bits per heavy atom. The number of halogens is 4. The molecule has 0 saturated carbocycles. The Kier molecular flexibility index (Phi) is 5.98. The summed E-state index contributed by atoms with van der Waals surface area (Å²) in [7, 11) is 0. The number of aromatic nitrogens is 5. The highest BCUT2D eigenvalue weighted by atomic mass is 35.5. The Morgan fingerprint density at radius 3 is 2.58 bits per heavy atom. The van der Waals surface area contributed by atoms with Gasteiger partial charge in [0.05, 0.1) is 35.7 Å². The van der Waals surface area contributed by atoms with Gasteiger partial charge in [-0.15, -0.1) is 0 Å². The predicted octanol–water partition coefficient (Wildman–Crippen LogP) is 3.45. The minimum absolute atomic E-state index is 0.0483. The summed E-state index contributed by atoms with van der Waals surface area (Å²) in [6, 6.07) is 1.80. The summed E-state index contributed by atoms with van der Waals surface area (Å²) in [6.45, 7) is 6.54. The van der Waals surface area contributed by atoms with Crippen LogP contribution in [0.1, 0.15) is 6.92 Å². The van der Waals surface area contributed by atoms with E-state index in [0.29, 0.717) is 27.6 Å². The van der Waals surface area contributed by atoms with Crippen molar-refractivity contribution >= 4 is 51.7 Å². The molecule has 0 aliphatic carbocycles. The molecular weight excluding hydrogens is 477 g/mol. The maximum absolute atomic E-state index is 12.6. The van der Waals surface area contributed by atoms with E-state index in [2.05, 4.69) is 37.1 Å². The van der Waals surface area contributed by atoms with E-state index in [-0.39, 0.29) is 16.6 Å². The molecule has 9 nitrogen and oxygen atoms in total. The number of fused-ring (bicyclic) bond motifs is 1. The molecule has 0 bridgehead atoms. The summed E-state index contributed by atoms with van der Waals surface area (Å²) in [6.07, 6.45) is 0.387. The van der Waals surface area contributed by atoms with E-state index in [1.807, 2.05) is 0 Å². The van der Waals surface area contributed by atoms with Crippen molar-refractivity contribution < 1.29 is 13.5 Å². The summed E-state index contributed by atoms with van der Waals surface area (Å²) >= 11 is 12.7. The van der Waals surface area contributed by atoms with Crippen molar-refractivity contribution in [2.24, 2.45) is 0 Å². The maximum Gasteiger partial charge on any atom is 0.257 e. The van der Waals surface area contributed by atoms with Gasteiger partial charge in [0.2, 0.25) is 5.95 Å². The fourth-order valence-electron chi connectivity index (χ4n) is 4.08. The Balaban J connectivity index is 1.34. The van der Waals surface area contributed by atoms with Gasteiger partial charge in [0, 0.05) is 37.8 Å². The normalized spacial score (nSPS) is 18.7. The number of alkyl halides is 2. The van der Waals surface area contributed by atoms with Crippen LogP contribution in [0.2, 0.25) is 10.2 Å². The van der Waals surface area contributed by atoms with Crippen molar-refractivity contribution in [3.63, 3.8) is 0 Å². The molecule has 0 unspecified atom stereocenters. The molecule has 3 aromatic heterocycles. The van der Waals surface area contributed by atoms with E-state index < -0.39 is 13.0 Å². The SMILES string of the molecule is CC1(N2CCN(c3nc4nc(Nc5cnn(CC(F)F)c5Cl)ncc4cc3Cl)CC2)COC1. The summed E-state index contributed by atoms with van der Waals surface area (Å²) < 4.78 is 31.7. The number of hydrogen-bond donors (Lipinski definition) is 1. The lowest BCUT2D eigenvalue weighted by Crippen LogP contribution is -2.64. The molecule has 2 aliphatic rings. The van der Waals surface area contributed by atoms with Gasteiger partial charge in [-0.1, -0.05) is 23.2 Å². The third-order valence-electron chi connectivity index (χ3n) is 6.00. The molecule has 176 valence electrons. The van der Waals surface area contributed by atoms with Crippen molar-refractivity contribution in [2.75, 3.05) is 49.6 Å². The molecule has 13 heteroatoms. The van der Waals surface area contributed by atoms with Crippen LogP contribution in [0, 0.1) is 0 Å². The highest BCUT2D eigenvalue weighted by Crippen LogP contribution is 2.31. The lowest BCUT2D eigenvalue weighted by molar-refractivity contribution is -0.131. The van der Waals surface area contributed by atoms with Crippen molar-refractivity contribution in [1.82, 2.24) is 29.6 Å². The number of nitrogens with one attached hydrogen (secondary N) is 1. The first-order valence-corrected chi connectivity index (χ1v) is 11.3. The zero-order chi connectivity index (χ0) is 23.2. The third-order valence-corrected chi connectivity index (χ3v) is 6.68. The average molecular weight is 499 g/mol. The zero-order valence-corrected chi connectivity index (χ0v) is 19.3. The van der Waals surface area contributed by atoms with Gasteiger partial charge < -0.3 is 15.0 Å². The Bertz CT molecular complexity index is 1160. The van der Waals surface area contributed by atoms with E-state index in [4.69, 9.17) is 32.9 Å². The van der Waals surface area contributed by atoms with Gasteiger partial charge in [-0.2, -0.15) is 10.1 Å². The quantitative estimate of drug-likeness (QED) is 0.553. The predicted molar refractivity (Wildman–Crippen MR) is 122 cm³/mol. The number of anilines is 3. The molecule has 3 aromatic rings. The molecule has 0 aromatic carbocycles. The molecule has 5 heterocycles. The molecule has 0 radical (unpaired) electrons. The number of pyridine rings is 1. The van der Waals surface area contributed by atoms with Crippen molar-refractivity contribution in [3.8, 4) is 0 Å². The molecule has 0 amide bonds. The fraction of sp³-hybridized carbons (Fsp3) is 0.500. The molecule has 0 spiro atoms. The van der Waals surface area contributed by atoms with Crippen molar-refractivity contribution in [3.05, 3.63) is 28.6 Å². The highest BCUT2D eigenvalue weighted by Gasteiger charge is 2.40. The van der Waals surface area contributed by atoms with Gasteiger partial charge in [0.15, 0.2) is 10.8 Å². The highest BCUT2D eigenvalue weighted by molar-refractivity contribution is 6.33. The molecule has 2 aliphatic heterocycles. The molecule has 0 atom stereocenters. The Hall–Kier alpha value is -2.34.